The SMILES string of the molecule is COc1cc(Sc2ncccn2)nc(NC(=S)NCC2CCCO2)n1. The lowest BCUT2D eigenvalue weighted by Crippen LogP contribution is -2.35. The van der Waals surface area contributed by atoms with E-state index in [2.05, 4.69) is 30.6 Å². The molecule has 8 nitrogen and oxygen atoms in total. The molecule has 0 spiro atoms. The highest BCUT2D eigenvalue weighted by atomic mass is 32.2. The van der Waals surface area contributed by atoms with Crippen molar-refractivity contribution in [3.8, 4) is 5.88 Å². The number of aromatic nitrogens is 4. The summed E-state index contributed by atoms with van der Waals surface area (Å²) in [6.07, 6.45) is 5.69. The molecule has 1 saturated heterocycles. The van der Waals surface area contributed by atoms with Gasteiger partial charge in [-0.3, -0.25) is 0 Å². The molecule has 3 heterocycles. The molecule has 1 atom stereocenters. The first-order valence-corrected chi connectivity index (χ1v) is 9.00. The third kappa shape index (κ3) is 5.48. The highest BCUT2D eigenvalue weighted by Crippen LogP contribution is 2.25. The van der Waals surface area contributed by atoms with Crippen LogP contribution in [0.25, 0.3) is 0 Å². The molecule has 0 aliphatic carbocycles. The second-order valence-corrected chi connectivity index (χ2v) is 6.57. The van der Waals surface area contributed by atoms with Crippen molar-refractivity contribution >= 4 is 35.0 Å². The van der Waals surface area contributed by atoms with E-state index in [1.54, 1.807) is 31.6 Å². The van der Waals surface area contributed by atoms with Gasteiger partial charge in [0, 0.05) is 31.6 Å². The Morgan fingerprint density at radius 3 is 2.96 bits per heavy atom. The third-order valence-electron chi connectivity index (χ3n) is 3.37. The minimum atomic E-state index is 0.201. The van der Waals surface area contributed by atoms with Crippen LogP contribution >= 0.6 is 24.0 Å². The Morgan fingerprint density at radius 1 is 1.40 bits per heavy atom. The number of nitrogens with one attached hydrogen (secondary N) is 2. The zero-order valence-corrected chi connectivity index (χ0v) is 15.3. The van der Waals surface area contributed by atoms with Crippen LogP contribution in [0.2, 0.25) is 0 Å². The Kier molecular flexibility index (Phi) is 6.31. The van der Waals surface area contributed by atoms with E-state index < -0.39 is 0 Å². The fraction of sp³-hybridized carbons (Fsp3) is 0.400. The first kappa shape index (κ1) is 17.8. The maximum Gasteiger partial charge on any atom is 0.233 e. The summed E-state index contributed by atoms with van der Waals surface area (Å²) < 4.78 is 10.8. The van der Waals surface area contributed by atoms with Crippen molar-refractivity contribution in [3.05, 3.63) is 24.5 Å². The molecular weight excluding hydrogens is 360 g/mol. The van der Waals surface area contributed by atoms with Gasteiger partial charge in [-0.05, 0) is 42.9 Å². The molecule has 3 rings (SSSR count). The van der Waals surface area contributed by atoms with Gasteiger partial charge in [0.05, 0.1) is 13.2 Å². The zero-order chi connectivity index (χ0) is 17.5. The predicted molar refractivity (Wildman–Crippen MR) is 97.9 cm³/mol. The molecule has 10 heteroatoms. The predicted octanol–water partition coefficient (Wildman–Crippen LogP) is 1.89. The van der Waals surface area contributed by atoms with Gasteiger partial charge in [-0.15, -0.1) is 0 Å². The Labute approximate surface area is 155 Å². The summed E-state index contributed by atoms with van der Waals surface area (Å²) >= 11 is 6.61. The second kappa shape index (κ2) is 8.88. The number of methoxy groups -OCH3 is 1. The van der Waals surface area contributed by atoms with Crippen molar-refractivity contribution in [2.75, 3.05) is 25.6 Å². The number of ether oxygens (including phenoxy) is 2. The van der Waals surface area contributed by atoms with Crippen molar-refractivity contribution in [1.29, 1.82) is 0 Å². The van der Waals surface area contributed by atoms with Gasteiger partial charge in [-0.25, -0.2) is 15.0 Å². The summed E-state index contributed by atoms with van der Waals surface area (Å²) in [7, 11) is 1.55. The van der Waals surface area contributed by atoms with Crippen LogP contribution in [0.1, 0.15) is 12.8 Å². The molecule has 1 aliphatic rings. The van der Waals surface area contributed by atoms with Crippen LogP contribution < -0.4 is 15.4 Å². The molecule has 1 unspecified atom stereocenters. The van der Waals surface area contributed by atoms with E-state index >= 15 is 0 Å². The van der Waals surface area contributed by atoms with Gasteiger partial charge < -0.3 is 20.1 Å². The summed E-state index contributed by atoms with van der Waals surface area (Å²) in [4.78, 5) is 17.0. The van der Waals surface area contributed by atoms with E-state index in [1.807, 2.05) is 0 Å². The summed E-state index contributed by atoms with van der Waals surface area (Å²) in [5, 5.41) is 7.78. The van der Waals surface area contributed by atoms with E-state index in [0.29, 0.717) is 33.7 Å². The first-order valence-electron chi connectivity index (χ1n) is 7.77. The number of rotatable bonds is 6. The molecule has 1 aliphatic heterocycles. The van der Waals surface area contributed by atoms with Gasteiger partial charge in [0.1, 0.15) is 5.03 Å². The molecule has 25 heavy (non-hydrogen) atoms. The topological polar surface area (TPSA) is 94.1 Å². The summed E-state index contributed by atoms with van der Waals surface area (Å²) in [6, 6.07) is 3.48. The molecule has 0 saturated carbocycles. The number of anilines is 1. The lowest BCUT2D eigenvalue weighted by atomic mass is 10.2. The molecule has 132 valence electrons. The lowest BCUT2D eigenvalue weighted by molar-refractivity contribution is 0.114. The van der Waals surface area contributed by atoms with Gasteiger partial charge in [0.15, 0.2) is 10.3 Å². The monoisotopic (exact) mass is 378 g/mol. The van der Waals surface area contributed by atoms with Crippen LogP contribution in [0.5, 0.6) is 5.88 Å². The van der Waals surface area contributed by atoms with Gasteiger partial charge >= 0.3 is 0 Å². The maximum atomic E-state index is 5.56. The molecule has 0 radical (unpaired) electrons. The zero-order valence-electron chi connectivity index (χ0n) is 13.6. The van der Waals surface area contributed by atoms with Crippen molar-refractivity contribution in [2.24, 2.45) is 0 Å². The fourth-order valence-electron chi connectivity index (χ4n) is 2.21. The van der Waals surface area contributed by atoms with Crippen LogP contribution in [-0.2, 0) is 4.74 Å². The van der Waals surface area contributed by atoms with Crippen LogP contribution in [-0.4, -0.2) is 51.4 Å². The third-order valence-corrected chi connectivity index (χ3v) is 4.42. The molecule has 0 amide bonds. The smallest absolute Gasteiger partial charge is 0.233 e. The first-order chi connectivity index (χ1) is 12.2. The number of nitrogens with zero attached hydrogens (tertiary/aromatic N) is 4. The van der Waals surface area contributed by atoms with E-state index in [4.69, 9.17) is 21.7 Å². The molecule has 1 fully saturated rings. The van der Waals surface area contributed by atoms with E-state index in [0.717, 1.165) is 19.4 Å². The van der Waals surface area contributed by atoms with E-state index in [9.17, 15) is 0 Å². The highest BCUT2D eigenvalue weighted by Gasteiger charge is 2.16. The number of hydrogen-bond acceptors (Lipinski definition) is 8. The normalized spacial score (nSPS) is 16.4. The average molecular weight is 378 g/mol. The van der Waals surface area contributed by atoms with Crippen LogP contribution in [0, 0.1) is 0 Å². The van der Waals surface area contributed by atoms with E-state index in [-0.39, 0.29) is 6.10 Å². The minimum absolute atomic E-state index is 0.201. The fourth-order valence-corrected chi connectivity index (χ4v) is 3.09. The standard InChI is InChI=1S/C15H18N6O2S2/c1-22-11-8-12(25-15-16-5-3-6-17-15)20-13(19-11)21-14(24)18-9-10-4-2-7-23-10/h3,5-6,8,10H,2,4,7,9H2,1H3,(H2,18,19,20,21,24). The van der Waals surface area contributed by atoms with Crippen molar-refractivity contribution in [2.45, 2.75) is 29.1 Å². The molecule has 0 bridgehead atoms. The minimum Gasteiger partial charge on any atom is -0.481 e. The average Bonchev–Trinajstić information content (AvgIpc) is 3.14. The molecule has 0 aromatic carbocycles. The highest BCUT2D eigenvalue weighted by molar-refractivity contribution is 7.99. The van der Waals surface area contributed by atoms with Gasteiger partial charge in [0.2, 0.25) is 11.8 Å². The maximum absolute atomic E-state index is 5.56. The lowest BCUT2D eigenvalue weighted by Gasteiger charge is -2.14. The summed E-state index contributed by atoms with van der Waals surface area (Å²) in [5.41, 5.74) is 0. The number of thiocarbonyl (C=S) groups is 1. The van der Waals surface area contributed by atoms with Gasteiger partial charge in [-0.2, -0.15) is 4.98 Å². The van der Waals surface area contributed by atoms with E-state index in [1.165, 1.54) is 11.8 Å². The summed E-state index contributed by atoms with van der Waals surface area (Å²) in [6.45, 7) is 1.48. The molecular formula is C15H18N6O2S2. The van der Waals surface area contributed by atoms with Crippen LogP contribution in [0.15, 0.2) is 34.7 Å². The molecule has 2 aromatic heterocycles. The second-order valence-electron chi connectivity index (χ2n) is 5.18. The van der Waals surface area contributed by atoms with Crippen molar-refractivity contribution in [3.63, 3.8) is 0 Å². The van der Waals surface area contributed by atoms with Gasteiger partial charge in [-0.1, -0.05) is 0 Å². The Hall–Kier alpha value is -2.04. The quantitative estimate of drug-likeness (QED) is 0.441. The van der Waals surface area contributed by atoms with Crippen LogP contribution in [0.3, 0.4) is 0 Å². The molecule has 2 aromatic rings. The summed E-state index contributed by atoms with van der Waals surface area (Å²) in [5.74, 6) is 0.778. The van der Waals surface area contributed by atoms with Crippen LogP contribution in [0.4, 0.5) is 5.95 Å². The Balaban J connectivity index is 1.63. The largest absolute Gasteiger partial charge is 0.481 e. The Morgan fingerprint density at radius 2 is 2.24 bits per heavy atom. The Bertz CT molecular complexity index is 712. The number of hydrogen-bond donors (Lipinski definition) is 2. The van der Waals surface area contributed by atoms with Gasteiger partial charge in [0.25, 0.3) is 0 Å². The van der Waals surface area contributed by atoms with Crippen molar-refractivity contribution < 1.29 is 9.47 Å². The van der Waals surface area contributed by atoms with Crippen molar-refractivity contribution in [1.82, 2.24) is 25.3 Å². The molecule has 2 N–H and O–H groups in total.